The highest BCUT2D eigenvalue weighted by molar-refractivity contribution is 8.00. The Labute approximate surface area is 210 Å². The molecule has 34 heavy (non-hydrogen) atoms. The number of nitro benzene ring substituents is 1. The molecule has 1 fully saturated rings. The van der Waals surface area contributed by atoms with Crippen molar-refractivity contribution in [1.29, 1.82) is 0 Å². The number of para-hydroxylation sites is 1. The highest BCUT2D eigenvalue weighted by atomic mass is 35.5. The summed E-state index contributed by atoms with van der Waals surface area (Å²) < 4.78 is 0. The molecule has 0 amide bonds. The third-order valence-corrected chi connectivity index (χ3v) is 9.10. The minimum Gasteiger partial charge on any atom is -0.478 e. The summed E-state index contributed by atoms with van der Waals surface area (Å²) in [5.74, 6) is -1.11. The van der Waals surface area contributed by atoms with E-state index in [1.807, 2.05) is 24.3 Å². The molecular weight excluding hydrogens is 495 g/mol. The van der Waals surface area contributed by atoms with Crippen molar-refractivity contribution in [3.63, 3.8) is 0 Å². The third-order valence-electron chi connectivity index (χ3n) is 6.64. The van der Waals surface area contributed by atoms with Crippen molar-refractivity contribution in [2.75, 3.05) is 5.32 Å². The molecule has 2 aliphatic rings. The lowest BCUT2D eigenvalue weighted by Gasteiger charge is -2.38. The first-order valence-electron chi connectivity index (χ1n) is 10.8. The number of nitrogens with zero attached hydrogens (tertiary/aromatic N) is 1. The van der Waals surface area contributed by atoms with Crippen LogP contribution in [0.15, 0.2) is 71.6 Å². The molecule has 1 aliphatic heterocycles. The largest absolute Gasteiger partial charge is 0.478 e. The Morgan fingerprint density at radius 2 is 1.82 bits per heavy atom. The molecule has 0 spiro atoms. The quantitative estimate of drug-likeness (QED) is 0.216. The number of nitrogens with one attached hydrogen (secondary N) is 1. The van der Waals surface area contributed by atoms with E-state index in [4.69, 9.17) is 23.2 Å². The maximum absolute atomic E-state index is 11.7. The van der Waals surface area contributed by atoms with Crippen LogP contribution >= 0.6 is 35.0 Å². The van der Waals surface area contributed by atoms with Gasteiger partial charge in [-0.05, 0) is 53.8 Å². The van der Waals surface area contributed by atoms with Crippen LogP contribution in [0.4, 0.5) is 11.4 Å². The SMILES string of the molecule is O=C(O)c1ccc2c(c1)[C@@H]1[C@H](Cl)[C@H](Sc3ccccc3[N+](=O)[O-])C[C@@H]1[C@H](c1ccccc1Cl)N2. The van der Waals surface area contributed by atoms with Crippen molar-refractivity contribution in [3.8, 4) is 0 Å². The van der Waals surface area contributed by atoms with Crippen LogP contribution in [0.25, 0.3) is 0 Å². The van der Waals surface area contributed by atoms with Gasteiger partial charge in [-0.15, -0.1) is 23.4 Å². The zero-order valence-corrected chi connectivity index (χ0v) is 20.1. The van der Waals surface area contributed by atoms with Gasteiger partial charge >= 0.3 is 5.97 Å². The molecule has 0 bridgehead atoms. The van der Waals surface area contributed by atoms with Crippen molar-refractivity contribution in [3.05, 3.63) is 98.6 Å². The van der Waals surface area contributed by atoms with Gasteiger partial charge in [0.2, 0.25) is 0 Å². The van der Waals surface area contributed by atoms with E-state index in [1.54, 1.807) is 36.4 Å². The second kappa shape index (κ2) is 9.13. The summed E-state index contributed by atoms with van der Waals surface area (Å²) >= 11 is 15.1. The van der Waals surface area contributed by atoms with Gasteiger partial charge in [-0.1, -0.05) is 41.9 Å². The van der Waals surface area contributed by atoms with Gasteiger partial charge in [-0.3, -0.25) is 10.1 Å². The number of benzene rings is 3. The molecule has 0 saturated heterocycles. The fraction of sp³-hybridized carbons (Fsp3) is 0.240. The summed E-state index contributed by atoms with van der Waals surface area (Å²) in [6.07, 6.45) is 0.690. The first-order valence-corrected chi connectivity index (χ1v) is 12.5. The van der Waals surface area contributed by atoms with E-state index in [-0.39, 0.29) is 44.7 Å². The van der Waals surface area contributed by atoms with Crippen LogP contribution in [0.1, 0.15) is 39.9 Å². The lowest BCUT2D eigenvalue weighted by atomic mass is 9.77. The standard InChI is InChI=1S/C25H20Cl2N2O4S/c26-17-6-2-1-5-14(17)24-16-12-21(34-20-8-4-3-7-19(20)29(32)33)23(27)22(16)15-11-13(25(30)31)9-10-18(15)28-24/h1-11,16,21-24,28H,12H2,(H,30,31)/t16-,21+,22-,23+,24-/m0/s1. The van der Waals surface area contributed by atoms with Crippen LogP contribution in [-0.4, -0.2) is 26.6 Å². The lowest BCUT2D eigenvalue weighted by molar-refractivity contribution is -0.387. The van der Waals surface area contributed by atoms with E-state index in [0.29, 0.717) is 16.3 Å². The van der Waals surface area contributed by atoms with Crippen LogP contribution in [0.3, 0.4) is 0 Å². The zero-order valence-electron chi connectivity index (χ0n) is 17.7. The number of carboxylic acid groups (broad SMARTS) is 1. The summed E-state index contributed by atoms with van der Waals surface area (Å²) in [5, 5.41) is 24.8. The molecule has 5 rings (SSSR count). The summed E-state index contributed by atoms with van der Waals surface area (Å²) in [7, 11) is 0. The van der Waals surface area contributed by atoms with Crippen molar-refractivity contribution in [2.24, 2.45) is 5.92 Å². The molecule has 1 heterocycles. The highest BCUT2D eigenvalue weighted by Gasteiger charge is 2.50. The van der Waals surface area contributed by atoms with Gasteiger partial charge in [0.05, 0.1) is 26.8 Å². The first kappa shape index (κ1) is 23.0. The van der Waals surface area contributed by atoms with Crippen LogP contribution in [0.2, 0.25) is 5.02 Å². The number of alkyl halides is 1. The molecule has 2 N–H and O–H groups in total. The Balaban J connectivity index is 1.57. The van der Waals surface area contributed by atoms with Crippen LogP contribution in [-0.2, 0) is 0 Å². The molecule has 6 nitrogen and oxygen atoms in total. The molecule has 3 aromatic carbocycles. The number of rotatable bonds is 5. The molecule has 0 aromatic heterocycles. The molecule has 1 aliphatic carbocycles. The van der Waals surface area contributed by atoms with Gasteiger partial charge in [-0.25, -0.2) is 4.79 Å². The topological polar surface area (TPSA) is 92.5 Å². The average Bonchev–Trinajstić information content (AvgIpc) is 3.15. The van der Waals surface area contributed by atoms with Gasteiger partial charge in [0.1, 0.15) is 0 Å². The Morgan fingerprint density at radius 3 is 2.56 bits per heavy atom. The smallest absolute Gasteiger partial charge is 0.335 e. The maximum Gasteiger partial charge on any atom is 0.335 e. The Bertz CT molecular complexity index is 1290. The number of anilines is 1. The fourth-order valence-corrected chi connectivity index (χ4v) is 7.35. The molecule has 3 aromatic rings. The van der Waals surface area contributed by atoms with E-state index in [1.165, 1.54) is 17.8 Å². The average molecular weight is 515 g/mol. The number of hydrogen-bond donors (Lipinski definition) is 2. The number of hydrogen-bond acceptors (Lipinski definition) is 5. The summed E-state index contributed by atoms with van der Waals surface area (Å²) in [6, 6.07) is 19.3. The lowest BCUT2D eigenvalue weighted by Crippen LogP contribution is -2.31. The summed E-state index contributed by atoms with van der Waals surface area (Å²) in [6.45, 7) is 0. The second-order valence-corrected chi connectivity index (χ2v) is 10.7. The number of halogens is 2. The minimum atomic E-state index is -0.998. The first-order chi connectivity index (χ1) is 16.3. The predicted molar refractivity (Wildman–Crippen MR) is 134 cm³/mol. The molecule has 0 radical (unpaired) electrons. The zero-order chi connectivity index (χ0) is 24.0. The molecule has 0 unspecified atom stereocenters. The van der Waals surface area contributed by atoms with Crippen molar-refractivity contribution in [2.45, 2.75) is 33.9 Å². The van der Waals surface area contributed by atoms with Crippen LogP contribution < -0.4 is 5.32 Å². The van der Waals surface area contributed by atoms with Crippen LogP contribution in [0, 0.1) is 16.0 Å². The monoisotopic (exact) mass is 514 g/mol. The van der Waals surface area contributed by atoms with Crippen molar-refractivity contribution >= 4 is 52.3 Å². The fourth-order valence-electron chi connectivity index (χ4n) is 5.15. The Morgan fingerprint density at radius 1 is 1.09 bits per heavy atom. The summed E-state index contributed by atoms with van der Waals surface area (Å²) in [5.41, 5.74) is 2.90. The van der Waals surface area contributed by atoms with Crippen LogP contribution in [0.5, 0.6) is 0 Å². The van der Waals surface area contributed by atoms with E-state index >= 15 is 0 Å². The molecule has 5 atom stereocenters. The van der Waals surface area contributed by atoms with E-state index in [0.717, 1.165) is 16.8 Å². The normalized spacial score (nSPS) is 25.2. The van der Waals surface area contributed by atoms with Gasteiger partial charge in [0.15, 0.2) is 0 Å². The number of nitro groups is 1. The second-order valence-electron chi connectivity index (χ2n) is 8.50. The highest BCUT2D eigenvalue weighted by Crippen LogP contribution is 2.58. The van der Waals surface area contributed by atoms with Crippen molar-refractivity contribution in [1.82, 2.24) is 0 Å². The Kier molecular flexibility index (Phi) is 6.18. The van der Waals surface area contributed by atoms with Crippen molar-refractivity contribution < 1.29 is 14.8 Å². The van der Waals surface area contributed by atoms with Gasteiger partial charge < -0.3 is 10.4 Å². The molecule has 174 valence electrons. The molecule has 9 heteroatoms. The molecule has 1 saturated carbocycles. The number of fused-ring (bicyclic) bond motifs is 3. The maximum atomic E-state index is 11.7. The van der Waals surface area contributed by atoms with Gasteiger partial charge in [0.25, 0.3) is 5.69 Å². The predicted octanol–water partition coefficient (Wildman–Crippen LogP) is 6.99. The Hall–Kier alpha value is -2.74. The minimum absolute atomic E-state index is 0.0270. The number of thioether (sulfide) groups is 1. The van der Waals surface area contributed by atoms with E-state index in [9.17, 15) is 20.0 Å². The van der Waals surface area contributed by atoms with Gasteiger partial charge in [0, 0.05) is 27.9 Å². The summed E-state index contributed by atoms with van der Waals surface area (Å²) in [4.78, 5) is 23.4. The number of aromatic carboxylic acids is 1. The number of carbonyl (C=O) groups is 1. The molecular formula is C25H20Cl2N2O4S. The number of carboxylic acids is 1. The third kappa shape index (κ3) is 4.02. The van der Waals surface area contributed by atoms with E-state index in [2.05, 4.69) is 5.32 Å². The van der Waals surface area contributed by atoms with Gasteiger partial charge in [-0.2, -0.15) is 0 Å². The van der Waals surface area contributed by atoms with E-state index < -0.39 is 5.97 Å².